The highest BCUT2D eigenvalue weighted by molar-refractivity contribution is 8.01. The van der Waals surface area contributed by atoms with E-state index >= 15 is 0 Å². The van der Waals surface area contributed by atoms with Crippen LogP contribution in [-0.2, 0) is 10.0 Å². The third-order valence-electron chi connectivity index (χ3n) is 1.94. The molecule has 0 spiro atoms. The van der Waals surface area contributed by atoms with E-state index < -0.39 is 10.0 Å². The fraction of sp³-hybridized carbons (Fsp3) is 0. The molecule has 0 fully saturated rings. The molecule has 88 valence electrons. The van der Waals surface area contributed by atoms with E-state index in [1.165, 1.54) is 23.7 Å². The molecule has 2 heterocycles. The average Bonchev–Trinajstić information content (AvgIpc) is 2.81. The smallest absolute Gasteiger partial charge is 0.264 e. The fourth-order valence-corrected chi connectivity index (χ4v) is 2.84. The topological polar surface area (TPSA) is 72.0 Å². The van der Waals surface area contributed by atoms with Crippen molar-refractivity contribution in [1.82, 2.24) is 9.97 Å². The molecule has 0 amide bonds. The predicted molar refractivity (Wildman–Crippen MR) is 67.9 cm³/mol. The first kappa shape index (κ1) is 11.7. The molecule has 0 unspecified atom stereocenters. The summed E-state index contributed by atoms with van der Waals surface area (Å²) in [6, 6.07) is 5.00. The molecule has 0 aliphatic heterocycles. The normalized spacial score (nSPS) is 11.1. The Kier molecular flexibility index (Phi) is 3.21. The van der Waals surface area contributed by atoms with E-state index in [2.05, 4.69) is 21.3 Å². The Bertz CT molecular complexity index is 606. The maximum atomic E-state index is 11.9. The first-order valence-corrected chi connectivity index (χ1v) is 6.97. The lowest BCUT2D eigenvalue weighted by atomic mass is 10.3. The summed E-state index contributed by atoms with van der Waals surface area (Å²) >= 11 is 1.20. The number of thiazole rings is 1. The van der Waals surface area contributed by atoms with Crippen molar-refractivity contribution in [3.63, 3.8) is 0 Å². The Morgan fingerprint density at radius 2 is 2.24 bits per heavy atom. The van der Waals surface area contributed by atoms with Crippen molar-refractivity contribution in [2.45, 2.75) is 0 Å². The van der Waals surface area contributed by atoms with Crippen molar-refractivity contribution in [2.75, 3.05) is 4.72 Å². The van der Waals surface area contributed by atoms with Gasteiger partial charge in [0.05, 0.1) is 17.4 Å². The molecular formula is C10H9N3O2S2. The Balaban J connectivity index is 2.25. The third kappa shape index (κ3) is 2.69. The number of pyridine rings is 1. The van der Waals surface area contributed by atoms with Crippen molar-refractivity contribution in [3.8, 4) is 0 Å². The van der Waals surface area contributed by atoms with Gasteiger partial charge in [0.2, 0.25) is 0 Å². The quantitative estimate of drug-likeness (QED) is 0.919. The molecule has 0 saturated carbocycles. The molecule has 0 aromatic carbocycles. The summed E-state index contributed by atoms with van der Waals surface area (Å²) in [7, 11) is -3.67. The Labute approximate surface area is 103 Å². The van der Waals surface area contributed by atoms with Gasteiger partial charge in [-0.2, -0.15) is 0 Å². The van der Waals surface area contributed by atoms with Crippen LogP contribution < -0.4 is 4.72 Å². The van der Waals surface area contributed by atoms with Gasteiger partial charge in [-0.05, 0) is 12.1 Å². The van der Waals surface area contributed by atoms with E-state index in [0.29, 0.717) is 10.7 Å². The summed E-state index contributed by atoms with van der Waals surface area (Å²) in [5.41, 5.74) is 1.87. The molecule has 0 bridgehead atoms. The second-order valence-electron chi connectivity index (χ2n) is 3.11. The number of anilines is 1. The maximum Gasteiger partial charge on any atom is 0.264 e. The van der Waals surface area contributed by atoms with Crippen LogP contribution in [0.2, 0.25) is 0 Å². The van der Waals surface area contributed by atoms with E-state index in [1.807, 2.05) is 0 Å². The van der Waals surface area contributed by atoms with Crippen LogP contribution in [0.25, 0.3) is 4.91 Å². The fourth-order valence-electron chi connectivity index (χ4n) is 1.13. The number of nitrogens with one attached hydrogen (secondary N) is 1. The van der Waals surface area contributed by atoms with Gasteiger partial charge in [0.25, 0.3) is 10.0 Å². The number of sulfonamides is 1. The number of hydrogen-bond donors (Lipinski definition) is 1. The molecule has 0 atom stereocenters. The van der Waals surface area contributed by atoms with Gasteiger partial charge in [0.1, 0.15) is 9.91 Å². The standard InChI is InChI=1S/C10H9N3O2S2/c1-8(9-4-2-3-5-12-9)17(14,15)13-10-6-11-7-16-10/h2-7,13H,1H2. The molecular weight excluding hydrogens is 258 g/mol. The summed E-state index contributed by atoms with van der Waals surface area (Å²) in [6.07, 6.45) is 2.96. The van der Waals surface area contributed by atoms with Crippen molar-refractivity contribution in [3.05, 3.63) is 48.4 Å². The van der Waals surface area contributed by atoms with Crippen LogP contribution in [0.3, 0.4) is 0 Å². The minimum absolute atomic E-state index is 0.0634. The van der Waals surface area contributed by atoms with Crippen molar-refractivity contribution < 1.29 is 8.42 Å². The van der Waals surface area contributed by atoms with E-state index in [1.54, 1.807) is 23.7 Å². The van der Waals surface area contributed by atoms with E-state index in [0.717, 1.165) is 0 Å². The number of aromatic nitrogens is 2. The second-order valence-corrected chi connectivity index (χ2v) is 5.70. The van der Waals surface area contributed by atoms with Crippen LogP contribution in [0.5, 0.6) is 0 Å². The van der Waals surface area contributed by atoms with Crippen LogP contribution >= 0.6 is 11.3 Å². The van der Waals surface area contributed by atoms with Crippen LogP contribution in [0.1, 0.15) is 5.69 Å². The highest BCUT2D eigenvalue weighted by Gasteiger charge is 2.18. The zero-order chi connectivity index (χ0) is 12.3. The molecule has 17 heavy (non-hydrogen) atoms. The first-order chi connectivity index (χ1) is 8.09. The first-order valence-electron chi connectivity index (χ1n) is 4.61. The number of nitrogens with zero attached hydrogens (tertiary/aromatic N) is 2. The number of rotatable bonds is 4. The monoisotopic (exact) mass is 267 g/mol. The SMILES string of the molecule is C=C(c1ccccn1)S(=O)(=O)Nc1cncs1. The van der Waals surface area contributed by atoms with Gasteiger partial charge in [-0.15, -0.1) is 11.3 Å². The Morgan fingerprint density at radius 3 is 2.82 bits per heavy atom. The summed E-state index contributed by atoms with van der Waals surface area (Å²) in [4.78, 5) is 7.66. The number of hydrogen-bond acceptors (Lipinski definition) is 5. The molecule has 2 rings (SSSR count). The lowest BCUT2D eigenvalue weighted by Gasteiger charge is -2.07. The van der Waals surface area contributed by atoms with E-state index in [4.69, 9.17) is 0 Å². The van der Waals surface area contributed by atoms with Crippen molar-refractivity contribution in [2.24, 2.45) is 0 Å². The highest BCUT2D eigenvalue weighted by Crippen LogP contribution is 2.21. The third-order valence-corrected chi connectivity index (χ3v) is 4.11. The summed E-state index contributed by atoms with van der Waals surface area (Å²) in [5, 5.41) is 0.446. The lowest BCUT2D eigenvalue weighted by Crippen LogP contribution is -2.13. The molecule has 0 aliphatic carbocycles. The molecule has 0 aliphatic rings. The minimum Gasteiger partial charge on any atom is -0.269 e. The van der Waals surface area contributed by atoms with Crippen LogP contribution in [0.15, 0.2) is 42.7 Å². The Morgan fingerprint density at radius 1 is 1.41 bits per heavy atom. The average molecular weight is 267 g/mol. The lowest BCUT2D eigenvalue weighted by molar-refractivity contribution is 0.610. The molecule has 2 aromatic heterocycles. The summed E-state index contributed by atoms with van der Waals surface area (Å²) in [6.45, 7) is 3.55. The minimum atomic E-state index is -3.67. The highest BCUT2D eigenvalue weighted by atomic mass is 32.2. The predicted octanol–water partition coefficient (Wildman–Crippen LogP) is 1.95. The van der Waals surface area contributed by atoms with Gasteiger partial charge >= 0.3 is 0 Å². The van der Waals surface area contributed by atoms with Gasteiger partial charge in [-0.3, -0.25) is 14.7 Å². The van der Waals surface area contributed by atoms with Crippen molar-refractivity contribution in [1.29, 1.82) is 0 Å². The van der Waals surface area contributed by atoms with Gasteiger partial charge in [-0.25, -0.2) is 8.42 Å². The summed E-state index contributed by atoms with van der Waals surface area (Å²) in [5.74, 6) is 0. The van der Waals surface area contributed by atoms with E-state index in [9.17, 15) is 8.42 Å². The van der Waals surface area contributed by atoms with Gasteiger partial charge in [0.15, 0.2) is 0 Å². The molecule has 1 N–H and O–H groups in total. The summed E-state index contributed by atoms with van der Waals surface area (Å²) < 4.78 is 26.2. The van der Waals surface area contributed by atoms with Crippen LogP contribution in [0.4, 0.5) is 5.00 Å². The van der Waals surface area contributed by atoms with E-state index in [-0.39, 0.29) is 4.91 Å². The van der Waals surface area contributed by atoms with Crippen LogP contribution in [-0.4, -0.2) is 18.4 Å². The zero-order valence-electron chi connectivity index (χ0n) is 8.70. The molecule has 5 nitrogen and oxygen atoms in total. The van der Waals surface area contributed by atoms with Crippen molar-refractivity contribution >= 4 is 31.3 Å². The molecule has 2 aromatic rings. The second kappa shape index (κ2) is 4.64. The molecule has 0 radical (unpaired) electrons. The molecule has 0 saturated heterocycles. The van der Waals surface area contributed by atoms with Gasteiger partial charge < -0.3 is 0 Å². The Hall–Kier alpha value is -1.73. The zero-order valence-corrected chi connectivity index (χ0v) is 10.3. The van der Waals surface area contributed by atoms with Gasteiger partial charge in [-0.1, -0.05) is 12.6 Å². The maximum absolute atomic E-state index is 11.9. The largest absolute Gasteiger partial charge is 0.269 e. The van der Waals surface area contributed by atoms with Crippen LogP contribution in [0, 0.1) is 0 Å². The molecule has 7 heteroatoms. The van der Waals surface area contributed by atoms with Gasteiger partial charge in [0, 0.05) is 6.20 Å².